The molecule has 122 valence electrons. The van der Waals surface area contributed by atoms with Gasteiger partial charge in [0.2, 0.25) is 5.88 Å². The zero-order valence-electron chi connectivity index (χ0n) is 12.4. The Balaban J connectivity index is 1.91. The van der Waals surface area contributed by atoms with Crippen LogP contribution in [0.25, 0.3) is 0 Å². The molecule has 2 aromatic rings. The minimum Gasteiger partial charge on any atom is -0.477 e. The Bertz CT molecular complexity index is 686. The van der Waals surface area contributed by atoms with E-state index < -0.39 is 5.97 Å². The molecule has 0 radical (unpaired) electrons. The average molecular weight is 336 g/mol. The van der Waals surface area contributed by atoms with Crippen molar-refractivity contribution in [2.24, 2.45) is 0 Å². The van der Waals surface area contributed by atoms with E-state index in [0.717, 1.165) is 16.2 Å². The van der Waals surface area contributed by atoms with Crippen LogP contribution in [0.5, 0.6) is 5.88 Å². The van der Waals surface area contributed by atoms with Crippen molar-refractivity contribution in [1.82, 2.24) is 10.3 Å². The molecule has 2 heterocycles. The number of thiophene rings is 1. The van der Waals surface area contributed by atoms with E-state index in [-0.39, 0.29) is 17.3 Å². The van der Waals surface area contributed by atoms with E-state index in [0.29, 0.717) is 24.7 Å². The Hall–Kier alpha value is -2.45. The first kappa shape index (κ1) is 16.9. The molecule has 2 rings (SSSR count). The lowest BCUT2D eigenvalue weighted by Crippen LogP contribution is -2.22. The van der Waals surface area contributed by atoms with Gasteiger partial charge in [-0.25, -0.2) is 9.78 Å². The summed E-state index contributed by atoms with van der Waals surface area (Å²) in [6.07, 6.45) is 1.49. The van der Waals surface area contributed by atoms with Gasteiger partial charge < -0.3 is 19.9 Å². The van der Waals surface area contributed by atoms with Crippen LogP contribution in [0.3, 0.4) is 0 Å². The molecule has 0 fully saturated rings. The summed E-state index contributed by atoms with van der Waals surface area (Å²) < 4.78 is 10.2. The molecule has 2 aromatic heterocycles. The number of rotatable bonds is 8. The van der Waals surface area contributed by atoms with Crippen LogP contribution in [-0.4, -0.2) is 42.3 Å². The summed E-state index contributed by atoms with van der Waals surface area (Å²) in [5, 5.41) is 11.6. The number of amides is 1. The summed E-state index contributed by atoms with van der Waals surface area (Å²) in [5.41, 5.74) is 0.419. The number of pyridine rings is 1. The predicted octanol–water partition coefficient (Wildman–Crippen LogP) is 1.80. The van der Waals surface area contributed by atoms with E-state index in [9.17, 15) is 9.59 Å². The topological polar surface area (TPSA) is 97.8 Å². The fourth-order valence-electron chi connectivity index (χ4n) is 1.72. The zero-order chi connectivity index (χ0) is 16.7. The molecule has 0 saturated heterocycles. The molecule has 1 amide bonds. The standard InChI is InChI=1S/C15H16N2O5S/c1-21-6-7-22-13-8-10(4-5-16-13)14(18)17-9-11-2-3-12(23-11)15(19)20/h2-5,8H,6-7,9H2,1H3,(H,17,18)(H,19,20). The number of carbonyl (C=O) groups excluding carboxylic acids is 1. The SMILES string of the molecule is COCCOc1cc(C(=O)NCc2ccc(C(=O)O)s2)ccn1. The number of aromatic carboxylic acids is 1. The number of nitrogens with zero attached hydrogens (tertiary/aromatic N) is 1. The van der Waals surface area contributed by atoms with E-state index in [1.54, 1.807) is 25.3 Å². The summed E-state index contributed by atoms with van der Waals surface area (Å²) in [6.45, 7) is 1.04. The molecule has 8 heteroatoms. The molecule has 7 nitrogen and oxygen atoms in total. The highest BCUT2D eigenvalue weighted by molar-refractivity contribution is 7.13. The summed E-state index contributed by atoms with van der Waals surface area (Å²) in [6, 6.07) is 6.32. The van der Waals surface area contributed by atoms with Gasteiger partial charge in [-0.3, -0.25) is 4.79 Å². The molecule has 0 aliphatic heterocycles. The molecule has 0 aliphatic carbocycles. The number of carboxylic acids is 1. The van der Waals surface area contributed by atoms with E-state index in [2.05, 4.69) is 10.3 Å². The smallest absolute Gasteiger partial charge is 0.345 e. The summed E-state index contributed by atoms with van der Waals surface area (Å²) in [7, 11) is 1.57. The van der Waals surface area contributed by atoms with Gasteiger partial charge in [-0.05, 0) is 18.2 Å². The number of nitrogens with one attached hydrogen (secondary N) is 1. The van der Waals surface area contributed by atoms with Crippen LogP contribution in [0, 0.1) is 0 Å². The molecule has 0 aromatic carbocycles. The highest BCUT2D eigenvalue weighted by atomic mass is 32.1. The first-order valence-corrected chi connectivity index (χ1v) is 7.60. The lowest BCUT2D eigenvalue weighted by atomic mass is 10.2. The summed E-state index contributed by atoms with van der Waals surface area (Å²) in [5.74, 6) is -0.909. The Kier molecular flexibility index (Phi) is 6.07. The van der Waals surface area contributed by atoms with Crippen molar-refractivity contribution in [2.45, 2.75) is 6.54 Å². The van der Waals surface area contributed by atoms with Crippen LogP contribution in [0.2, 0.25) is 0 Å². The van der Waals surface area contributed by atoms with Crippen molar-refractivity contribution in [3.8, 4) is 5.88 Å². The number of hydrogen-bond donors (Lipinski definition) is 2. The molecule has 0 atom stereocenters. The van der Waals surface area contributed by atoms with Crippen LogP contribution in [0.4, 0.5) is 0 Å². The van der Waals surface area contributed by atoms with Crippen molar-refractivity contribution in [2.75, 3.05) is 20.3 Å². The predicted molar refractivity (Wildman–Crippen MR) is 84.1 cm³/mol. The fourth-order valence-corrected chi connectivity index (χ4v) is 2.50. The van der Waals surface area contributed by atoms with Crippen LogP contribution >= 0.6 is 11.3 Å². The molecular weight excluding hydrogens is 320 g/mol. The molecule has 2 N–H and O–H groups in total. The zero-order valence-corrected chi connectivity index (χ0v) is 13.3. The highest BCUT2D eigenvalue weighted by Gasteiger charge is 2.10. The number of hydrogen-bond acceptors (Lipinski definition) is 6. The highest BCUT2D eigenvalue weighted by Crippen LogP contribution is 2.16. The monoisotopic (exact) mass is 336 g/mol. The Morgan fingerprint density at radius 2 is 2.13 bits per heavy atom. The maximum atomic E-state index is 12.1. The van der Waals surface area contributed by atoms with Gasteiger partial charge in [0, 0.05) is 29.8 Å². The summed E-state index contributed by atoms with van der Waals surface area (Å²) >= 11 is 1.13. The third-order valence-electron chi connectivity index (χ3n) is 2.83. The Labute approximate surface area is 136 Å². The number of ether oxygens (including phenoxy) is 2. The van der Waals surface area contributed by atoms with Gasteiger partial charge in [0.15, 0.2) is 0 Å². The van der Waals surface area contributed by atoms with Crippen LogP contribution in [-0.2, 0) is 11.3 Å². The van der Waals surface area contributed by atoms with E-state index in [4.69, 9.17) is 14.6 Å². The lowest BCUT2D eigenvalue weighted by Gasteiger charge is -2.07. The normalized spacial score (nSPS) is 10.3. The first-order chi connectivity index (χ1) is 11.1. The molecular formula is C15H16N2O5S. The third kappa shape index (κ3) is 5.04. The molecule has 0 aliphatic rings. The van der Waals surface area contributed by atoms with Crippen molar-refractivity contribution >= 4 is 23.2 Å². The van der Waals surface area contributed by atoms with Gasteiger partial charge >= 0.3 is 5.97 Å². The van der Waals surface area contributed by atoms with Crippen molar-refractivity contribution in [3.63, 3.8) is 0 Å². The van der Waals surface area contributed by atoms with Crippen molar-refractivity contribution in [3.05, 3.63) is 45.8 Å². The largest absolute Gasteiger partial charge is 0.477 e. The summed E-state index contributed by atoms with van der Waals surface area (Å²) in [4.78, 5) is 27.9. The number of methoxy groups -OCH3 is 1. The quantitative estimate of drug-likeness (QED) is 0.713. The van der Waals surface area contributed by atoms with Crippen LogP contribution in [0.15, 0.2) is 30.5 Å². The fraction of sp³-hybridized carbons (Fsp3) is 0.267. The van der Waals surface area contributed by atoms with Gasteiger partial charge in [-0.1, -0.05) is 0 Å². The first-order valence-electron chi connectivity index (χ1n) is 6.78. The van der Waals surface area contributed by atoms with Crippen LogP contribution < -0.4 is 10.1 Å². The second-order valence-corrected chi connectivity index (χ2v) is 5.65. The van der Waals surface area contributed by atoms with Gasteiger partial charge in [0.05, 0.1) is 13.2 Å². The molecule has 0 bridgehead atoms. The van der Waals surface area contributed by atoms with Gasteiger partial charge in [0.25, 0.3) is 5.91 Å². The van der Waals surface area contributed by atoms with E-state index in [1.165, 1.54) is 12.3 Å². The minimum atomic E-state index is -0.973. The molecule has 0 spiro atoms. The average Bonchev–Trinajstić information content (AvgIpc) is 3.02. The minimum absolute atomic E-state index is 0.243. The number of carbonyl (C=O) groups is 2. The van der Waals surface area contributed by atoms with Crippen molar-refractivity contribution in [1.29, 1.82) is 0 Å². The third-order valence-corrected chi connectivity index (χ3v) is 3.90. The maximum Gasteiger partial charge on any atom is 0.345 e. The number of aromatic nitrogens is 1. The van der Waals surface area contributed by atoms with Gasteiger partial charge in [-0.15, -0.1) is 11.3 Å². The molecule has 0 saturated carbocycles. The van der Waals surface area contributed by atoms with Gasteiger partial charge in [-0.2, -0.15) is 0 Å². The second-order valence-electron chi connectivity index (χ2n) is 4.48. The van der Waals surface area contributed by atoms with Crippen molar-refractivity contribution < 1.29 is 24.2 Å². The van der Waals surface area contributed by atoms with E-state index >= 15 is 0 Å². The Morgan fingerprint density at radius 1 is 1.30 bits per heavy atom. The number of carboxylic acid groups (broad SMARTS) is 1. The Morgan fingerprint density at radius 3 is 2.83 bits per heavy atom. The molecule has 0 unspecified atom stereocenters. The maximum absolute atomic E-state index is 12.1. The lowest BCUT2D eigenvalue weighted by molar-refractivity contribution is 0.0702. The second kappa shape index (κ2) is 8.25. The molecule has 23 heavy (non-hydrogen) atoms. The van der Waals surface area contributed by atoms with Crippen LogP contribution in [0.1, 0.15) is 24.9 Å². The van der Waals surface area contributed by atoms with E-state index in [1.807, 2.05) is 0 Å². The van der Waals surface area contributed by atoms with Gasteiger partial charge in [0.1, 0.15) is 11.5 Å².